The molecule has 2 aromatic rings. The fourth-order valence-corrected chi connectivity index (χ4v) is 2.04. The maximum Gasteiger partial charge on any atom is 0.311 e. The van der Waals surface area contributed by atoms with Crippen molar-refractivity contribution in [2.45, 2.75) is 20.3 Å². The standard InChI is InChI=1S/C14H16N2O3/c1-8-9(2)12(19-3)5-4-10(8)11-7-15-13(16-11)6-14(17)18/h4-5,7H,6H2,1-3H3,(H,15,16)(H,17,18). The van der Waals surface area contributed by atoms with Crippen molar-refractivity contribution in [3.05, 3.63) is 35.3 Å². The molecule has 1 heterocycles. The zero-order chi connectivity index (χ0) is 14.0. The molecule has 0 saturated heterocycles. The third-order valence-electron chi connectivity index (χ3n) is 3.19. The molecule has 0 saturated carbocycles. The van der Waals surface area contributed by atoms with Gasteiger partial charge in [0.15, 0.2) is 0 Å². The first kappa shape index (κ1) is 13.1. The summed E-state index contributed by atoms with van der Waals surface area (Å²) in [5, 5.41) is 8.74. The Labute approximate surface area is 111 Å². The number of aliphatic carboxylic acids is 1. The number of aromatic nitrogens is 2. The number of methoxy groups -OCH3 is 1. The monoisotopic (exact) mass is 260 g/mol. The van der Waals surface area contributed by atoms with Gasteiger partial charge in [-0.3, -0.25) is 4.79 Å². The van der Waals surface area contributed by atoms with E-state index in [-0.39, 0.29) is 6.42 Å². The van der Waals surface area contributed by atoms with E-state index in [4.69, 9.17) is 9.84 Å². The molecule has 5 heteroatoms. The Morgan fingerprint density at radius 2 is 2.11 bits per heavy atom. The van der Waals surface area contributed by atoms with Crippen LogP contribution >= 0.6 is 0 Å². The predicted molar refractivity (Wildman–Crippen MR) is 71.4 cm³/mol. The molecule has 0 unspecified atom stereocenters. The molecular weight excluding hydrogens is 244 g/mol. The van der Waals surface area contributed by atoms with E-state index in [1.165, 1.54) is 0 Å². The van der Waals surface area contributed by atoms with Gasteiger partial charge in [0.2, 0.25) is 0 Å². The van der Waals surface area contributed by atoms with E-state index in [0.29, 0.717) is 5.82 Å². The van der Waals surface area contributed by atoms with Crippen LogP contribution in [0, 0.1) is 13.8 Å². The highest BCUT2D eigenvalue weighted by Crippen LogP contribution is 2.30. The second-order valence-electron chi connectivity index (χ2n) is 4.38. The zero-order valence-electron chi connectivity index (χ0n) is 11.2. The highest BCUT2D eigenvalue weighted by atomic mass is 16.5. The van der Waals surface area contributed by atoms with Crippen LogP contribution in [0.3, 0.4) is 0 Å². The van der Waals surface area contributed by atoms with Gasteiger partial charge in [-0.2, -0.15) is 0 Å². The van der Waals surface area contributed by atoms with Crippen LogP contribution in [0.4, 0.5) is 0 Å². The predicted octanol–water partition coefficient (Wildman–Crippen LogP) is 2.33. The van der Waals surface area contributed by atoms with Crippen LogP contribution in [0.5, 0.6) is 5.75 Å². The molecule has 0 radical (unpaired) electrons. The van der Waals surface area contributed by atoms with E-state index in [1.807, 2.05) is 26.0 Å². The molecule has 0 aliphatic rings. The molecule has 0 amide bonds. The summed E-state index contributed by atoms with van der Waals surface area (Å²) in [5.41, 5.74) is 3.97. The lowest BCUT2D eigenvalue weighted by Gasteiger charge is -2.11. The van der Waals surface area contributed by atoms with E-state index < -0.39 is 5.97 Å². The van der Waals surface area contributed by atoms with Gasteiger partial charge in [-0.15, -0.1) is 0 Å². The van der Waals surface area contributed by atoms with Crippen LogP contribution in [-0.4, -0.2) is 28.2 Å². The number of hydrogen-bond donors (Lipinski definition) is 2. The number of carboxylic acids is 1. The summed E-state index contributed by atoms with van der Waals surface area (Å²) < 4.78 is 5.27. The molecule has 0 atom stereocenters. The fraction of sp³-hybridized carbons (Fsp3) is 0.286. The first-order chi connectivity index (χ1) is 9.02. The highest BCUT2D eigenvalue weighted by molar-refractivity contribution is 5.70. The number of aromatic amines is 1. The molecule has 100 valence electrons. The van der Waals surface area contributed by atoms with Crippen LogP contribution < -0.4 is 4.74 Å². The lowest BCUT2D eigenvalue weighted by Crippen LogP contribution is -2.01. The number of nitrogens with one attached hydrogen (secondary N) is 1. The number of H-pyrrole nitrogens is 1. The highest BCUT2D eigenvalue weighted by Gasteiger charge is 2.11. The van der Waals surface area contributed by atoms with Crippen molar-refractivity contribution in [1.29, 1.82) is 0 Å². The van der Waals surface area contributed by atoms with E-state index in [9.17, 15) is 4.79 Å². The van der Waals surface area contributed by atoms with Crippen LogP contribution in [0.25, 0.3) is 11.3 Å². The summed E-state index contributed by atoms with van der Waals surface area (Å²) in [6.45, 7) is 4.00. The van der Waals surface area contributed by atoms with Gasteiger partial charge >= 0.3 is 5.97 Å². The fourth-order valence-electron chi connectivity index (χ4n) is 2.04. The minimum atomic E-state index is -0.900. The summed E-state index contributed by atoms with van der Waals surface area (Å²) in [5.74, 6) is 0.394. The van der Waals surface area contributed by atoms with Crippen LogP contribution in [0.2, 0.25) is 0 Å². The normalized spacial score (nSPS) is 10.5. The van der Waals surface area contributed by atoms with Crippen molar-refractivity contribution in [3.63, 3.8) is 0 Å². The number of nitrogens with zero attached hydrogens (tertiary/aromatic N) is 1. The molecular formula is C14H16N2O3. The minimum absolute atomic E-state index is 0.103. The van der Waals surface area contributed by atoms with Crippen LogP contribution in [-0.2, 0) is 11.2 Å². The Hall–Kier alpha value is -2.30. The molecule has 2 rings (SSSR count). The van der Waals surface area contributed by atoms with Crippen molar-refractivity contribution in [2.24, 2.45) is 0 Å². The first-order valence-electron chi connectivity index (χ1n) is 5.93. The van der Waals surface area contributed by atoms with E-state index in [0.717, 1.165) is 28.1 Å². The second-order valence-corrected chi connectivity index (χ2v) is 4.38. The van der Waals surface area contributed by atoms with E-state index in [1.54, 1.807) is 13.3 Å². The third-order valence-corrected chi connectivity index (χ3v) is 3.19. The number of hydrogen-bond acceptors (Lipinski definition) is 3. The molecule has 0 spiro atoms. The molecule has 5 nitrogen and oxygen atoms in total. The van der Waals surface area contributed by atoms with Crippen molar-refractivity contribution in [1.82, 2.24) is 9.97 Å². The molecule has 1 aromatic carbocycles. The number of imidazole rings is 1. The summed E-state index contributed by atoms with van der Waals surface area (Å²) >= 11 is 0. The lowest BCUT2D eigenvalue weighted by molar-refractivity contribution is -0.136. The minimum Gasteiger partial charge on any atom is -0.496 e. The summed E-state index contributed by atoms with van der Waals surface area (Å²) in [6.07, 6.45) is 1.56. The molecule has 1 aromatic heterocycles. The van der Waals surface area contributed by atoms with E-state index >= 15 is 0 Å². The topological polar surface area (TPSA) is 75.2 Å². The number of carbonyl (C=O) groups is 1. The van der Waals surface area contributed by atoms with Crippen LogP contribution in [0.15, 0.2) is 18.3 Å². The Kier molecular flexibility index (Phi) is 3.55. The number of ether oxygens (including phenoxy) is 1. The average Bonchev–Trinajstić information content (AvgIpc) is 2.80. The van der Waals surface area contributed by atoms with Crippen molar-refractivity contribution in [2.75, 3.05) is 7.11 Å². The largest absolute Gasteiger partial charge is 0.496 e. The zero-order valence-corrected chi connectivity index (χ0v) is 11.2. The van der Waals surface area contributed by atoms with Gasteiger partial charge in [0.1, 0.15) is 18.0 Å². The van der Waals surface area contributed by atoms with Gasteiger partial charge in [0.25, 0.3) is 0 Å². The smallest absolute Gasteiger partial charge is 0.311 e. The Bertz CT molecular complexity index is 617. The summed E-state index contributed by atoms with van der Waals surface area (Å²) in [6, 6.07) is 3.84. The third kappa shape index (κ3) is 2.59. The van der Waals surface area contributed by atoms with Gasteiger partial charge in [-0.05, 0) is 37.1 Å². The van der Waals surface area contributed by atoms with Gasteiger partial charge in [0.05, 0.1) is 19.0 Å². The maximum atomic E-state index is 10.6. The maximum absolute atomic E-state index is 10.6. The van der Waals surface area contributed by atoms with Gasteiger partial charge in [0, 0.05) is 5.56 Å². The van der Waals surface area contributed by atoms with Crippen molar-refractivity contribution >= 4 is 5.97 Å². The Morgan fingerprint density at radius 3 is 2.74 bits per heavy atom. The summed E-state index contributed by atoms with van der Waals surface area (Å²) in [4.78, 5) is 17.8. The molecule has 19 heavy (non-hydrogen) atoms. The van der Waals surface area contributed by atoms with Gasteiger partial charge in [-0.25, -0.2) is 4.98 Å². The van der Waals surface area contributed by atoms with Gasteiger partial charge < -0.3 is 14.8 Å². The average molecular weight is 260 g/mol. The Balaban J connectivity index is 2.39. The molecule has 0 aliphatic carbocycles. The Morgan fingerprint density at radius 1 is 1.37 bits per heavy atom. The number of benzene rings is 1. The molecule has 0 fully saturated rings. The first-order valence-corrected chi connectivity index (χ1v) is 5.93. The molecule has 0 bridgehead atoms. The lowest BCUT2D eigenvalue weighted by atomic mass is 10.0. The number of carboxylic acid groups (broad SMARTS) is 1. The van der Waals surface area contributed by atoms with Crippen LogP contribution in [0.1, 0.15) is 17.0 Å². The van der Waals surface area contributed by atoms with Crippen molar-refractivity contribution in [3.8, 4) is 17.0 Å². The van der Waals surface area contributed by atoms with Gasteiger partial charge in [-0.1, -0.05) is 0 Å². The van der Waals surface area contributed by atoms with E-state index in [2.05, 4.69) is 9.97 Å². The summed E-state index contributed by atoms with van der Waals surface area (Å²) in [7, 11) is 1.64. The molecule has 0 aliphatic heterocycles. The number of rotatable bonds is 4. The van der Waals surface area contributed by atoms with Crippen molar-refractivity contribution < 1.29 is 14.6 Å². The SMILES string of the molecule is COc1ccc(-c2cnc(CC(=O)O)[nH]2)c(C)c1C. The molecule has 2 N–H and O–H groups in total. The quantitative estimate of drug-likeness (QED) is 0.884. The second kappa shape index (κ2) is 5.14.